The average Bonchev–Trinajstić information content (AvgIpc) is 3.27. The first-order valence-electron chi connectivity index (χ1n) is 11.7. The Kier molecular flexibility index (Phi) is 11.2. The minimum absolute atomic E-state index is 0.139. The molecule has 6 nitrogen and oxygen atoms in total. The fourth-order valence-electron chi connectivity index (χ4n) is 3.67. The molecule has 1 N–H and O–H groups in total. The highest BCUT2D eigenvalue weighted by Gasteiger charge is 2.20. The highest BCUT2D eigenvalue weighted by atomic mass is 35.5. The summed E-state index contributed by atoms with van der Waals surface area (Å²) in [5.41, 5.74) is 2.18. The van der Waals surface area contributed by atoms with Gasteiger partial charge in [-0.3, -0.25) is 4.90 Å². The van der Waals surface area contributed by atoms with E-state index in [0.717, 1.165) is 75.2 Å². The number of anilines is 1. The second kappa shape index (κ2) is 13.6. The zero-order valence-electron chi connectivity index (χ0n) is 19.8. The highest BCUT2D eigenvalue weighted by molar-refractivity contribution is 6.30. The number of nitrogens with one attached hydrogen (secondary N) is 1. The molecule has 3 heterocycles. The van der Waals surface area contributed by atoms with Gasteiger partial charge in [-0.2, -0.15) is 5.10 Å². The first kappa shape index (κ1) is 25.5. The van der Waals surface area contributed by atoms with Crippen molar-refractivity contribution >= 4 is 17.4 Å². The molecule has 0 bridgehead atoms. The minimum Gasteiger partial charge on any atom is -0.492 e. The first-order chi connectivity index (χ1) is 15.2. The summed E-state index contributed by atoms with van der Waals surface area (Å²) in [7, 11) is 0. The molecule has 31 heavy (non-hydrogen) atoms. The predicted molar refractivity (Wildman–Crippen MR) is 130 cm³/mol. The summed E-state index contributed by atoms with van der Waals surface area (Å²) in [6.45, 7) is 17.2. The van der Waals surface area contributed by atoms with Crippen molar-refractivity contribution in [3.05, 3.63) is 40.5 Å². The van der Waals surface area contributed by atoms with Crippen LogP contribution in [0.5, 0.6) is 5.75 Å². The van der Waals surface area contributed by atoms with Crippen molar-refractivity contribution < 1.29 is 9.47 Å². The smallest absolute Gasteiger partial charge is 0.124 e. The molecule has 1 aromatic heterocycles. The molecule has 4 rings (SSSR count). The van der Waals surface area contributed by atoms with Crippen molar-refractivity contribution in [3.8, 4) is 5.75 Å². The molecule has 2 aliphatic rings. The molecule has 0 spiro atoms. The summed E-state index contributed by atoms with van der Waals surface area (Å²) in [6.07, 6.45) is 1.11. The Morgan fingerprint density at radius 3 is 2.58 bits per heavy atom. The lowest BCUT2D eigenvalue weighted by molar-refractivity contribution is 0.0322. The van der Waals surface area contributed by atoms with Gasteiger partial charge in [0, 0.05) is 55.3 Å². The minimum atomic E-state index is 0.139. The molecule has 1 fully saturated rings. The molecule has 1 unspecified atom stereocenters. The van der Waals surface area contributed by atoms with Gasteiger partial charge in [0.2, 0.25) is 0 Å². The van der Waals surface area contributed by atoms with E-state index in [1.807, 2.05) is 39.8 Å². The van der Waals surface area contributed by atoms with Crippen LogP contribution in [0, 0.1) is 0 Å². The molecule has 1 atom stereocenters. The van der Waals surface area contributed by atoms with Crippen LogP contribution >= 0.6 is 11.6 Å². The van der Waals surface area contributed by atoms with Gasteiger partial charge in [-0.15, -0.1) is 0 Å². The van der Waals surface area contributed by atoms with E-state index < -0.39 is 0 Å². The summed E-state index contributed by atoms with van der Waals surface area (Å²) in [5.74, 6) is 2.09. The fraction of sp³-hybridized carbons (Fsp3) is 0.625. The van der Waals surface area contributed by atoms with Crippen LogP contribution in [0.15, 0.2) is 24.3 Å². The molecular weight excluding hydrogens is 412 g/mol. The fourth-order valence-corrected chi connectivity index (χ4v) is 3.83. The van der Waals surface area contributed by atoms with Gasteiger partial charge >= 0.3 is 0 Å². The van der Waals surface area contributed by atoms with Crippen LogP contribution in [-0.4, -0.2) is 60.7 Å². The Hall–Kier alpha value is -1.76. The Bertz CT molecular complexity index is 751. The molecule has 2 aliphatic heterocycles. The van der Waals surface area contributed by atoms with Crippen LogP contribution in [0.2, 0.25) is 5.02 Å². The van der Waals surface area contributed by atoms with E-state index in [4.69, 9.17) is 26.2 Å². The molecular formula is C24H39ClN4O2. The van der Waals surface area contributed by atoms with Gasteiger partial charge < -0.3 is 14.8 Å². The topological polar surface area (TPSA) is 51.5 Å². The van der Waals surface area contributed by atoms with Gasteiger partial charge in [0.15, 0.2) is 0 Å². The third-order valence-electron chi connectivity index (χ3n) is 5.31. The van der Waals surface area contributed by atoms with Crippen LogP contribution in [0.25, 0.3) is 0 Å². The molecule has 174 valence electrons. The summed E-state index contributed by atoms with van der Waals surface area (Å²) in [6, 6.07) is 8.05. The third-order valence-corrected chi connectivity index (χ3v) is 5.54. The summed E-state index contributed by atoms with van der Waals surface area (Å²) < 4.78 is 13.6. The van der Waals surface area contributed by atoms with Gasteiger partial charge in [0.1, 0.15) is 18.2 Å². The molecule has 0 radical (unpaired) electrons. The largest absolute Gasteiger partial charge is 0.492 e. The molecule has 7 heteroatoms. The lowest BCUT2D eigenvalue weighted by atomic mass is 9.97. The van der Waals surface area contributed by atoms with E-state index in [9.17, 15) is 0 Å². The quantitative estimate of drug-likeness (QED) is 0.649. The number of aromatic nitrogens is 2. The number of halogens is 1. The van der Waals surface area contributed by atoms with Crippen molar-refractivity contribution in [3.63, 3.8) is 0 Å². The van der Waals surface area contributed by atoms with Crippen LogP contribution < -0.4 is 10.1 Å². The van der Waals surface area contributed by atoms with Crippen molar-refractivity contribution in [1.82, 2.24) is 14.7 Å². The van der Waals surface area contributed by atoms with Crippen molar-refractivity contribution in [2.45, 2.75) is 53.5 Å². The predicted octanol–water partition coefficient (Wildman–Crippen LogP) is 5.27. The Labute approximate surface area is 192 Å². The molecule has 1 saturated heterocycles. The van der Waals surface area contributed by atoms with Crippen LogP contribution in [-0.2, 0) is 11.3 Å². The molecule has 0 aliphatic carbocycles. The maximum Gasteiger partial charge on any atom is 0.124 e. The Morgan fingerprint density at radius 1 is 1.13 bits per heavy atom. The Morgan fingerprint density at radius 2 is 1.87 bits per heavy atom. The van der Waals surface area contributed by atoms with Crippen LogP contribution in [0.1, 0.15) is 58.2 Å². The second-order valence-corrected chi connectivity index (χ2v) is 7.60. The maximum absolute atomic E-state index is 6.24. The van der Waals surface area contributed by atoms with E-state index >= 15 is 0 Å². The lowest BCUT2D eigenvalue weighted by Crippen LogP contribution is -2.38. The number of hydrogen-bond donors (Lipinski definition) is 1. The monoisotopic (exact) mass is 450 g/mol. The lowest BCUT2D eigenvalue weighted by Gasteiger charge is -2.26. The summed E-state index contributed by atoms with van der Waals surface area (Å²) in [4.78, 5) is 2.37. The van der Waals surface area contributed by atoms with Gasteiger partial charge in [0.25, 0.3) is 0 Å². The number of aryl methyl sites for hydroxylation is 1. The molecule has 2 aromatic rings. The van der Waals surface area contributed by atoms with Crippen molar-refractivity contribution in [1.29, 1.82) is 0 Å². The van der Waals surface area contributed by atoms with E-state index in [1.54, 1.807) is 0 Å². The number of morpholine rings is 1. The van der Waals surface area contributed by atoms with Crippen LogP contribution in [0.4, 0.5) is 5.82 Å². The van der Waals surface area contributed by atoms with Crippen molar-refractivity contribution in [2.24, 2.45) is 0 Å². The zero-order valence-corrected chi connectivity index (χ0v) is 20.5. The van der Waals surface area contributed by atoms with E-state index in [-0.39, 0.29) is 5.92 Å². The maximum atomic E-state index is 6.24. The average molecular weight is 451 g/mol. The third kappa shape index (κ3) is 7.13. The number of nitrogens with zero attached hydrogens (tertiary/aromatic N) is 3. The standard InChI is InChI=1S/C20H27ClN4O2.2C2H6/c1-15(18-14-20-22-5-2-6-25(20)23-18)17-4-3-16(21)13-19(17)27-12-9-24-7-10-26-11-8-24;2*1-2/h3-4,13-15,22H,2,5-12H2,1H3;2*1-2H3. The zero-order chi connectivity index (χ0) is 22.6. The number of fused-ring (bicyclic) bond motifs is 1. The Balaban J connectivity index is 0.000000807. The van der Waals surface area contributed by atoms with Gasteiger partial charge in [-0.25, -0.2) is 4.68 Å². The second-order valence-electron chi connectivity index (χ2n) is 7.16. The van der Waals surface area contributed by atoms with E-state index in [2.05, 4.69) is 34.0 Å². The number of benzene rings is 1. The van der Waals surface area contributed by atoms with Crippen LogP contribution in [0.3, 0.4) is 0 Å². The highest BCUT2D eigenvalue weighted by Crippen LogP contribution is 2.34. The summed E-state index contributed by atoms with van der Waals surface area (Å²) >= 11 is 6.24. The van der Waals surface area contributed by atoms with Gasteiger partial charge in [-0.1, -0.05) is 52.3 Å². The molecule has 0 amide bonds. The molecule has 1 aromatic carbocycles. The van der Waals surface area contributed by atoms with Gasteiger partial charge in [0.05, 0.1) is 18.9 Å². The number of ether oxygens (including phenoxy) is 2. The normalized spacial score (nSPS) is 16.6. The molecule has 0 saturated carbocycles. The SMILES string of the molecule is CC.CC.CC(c1cc2n(n1)CCCN2)c1ccc(Cl)cc1OCCN1CCOCC1. The number of hydrogen-bond acceptors (Lipinski definition) is 5. The first-order valence-corrected chi connectivity index (χ1v) is 12.1. The van der Waals surface area contributed by atoms with Gasteiger partial charge in [-0.05, 0) is 18.6 Å². The van der Waals surface area contributed by atoms with E-state index in [0.29, 0.717) is 11.6 Å². The number of rotatable bonds is 6. The summed E-state index contributed by atoms with van der Waals surface area (Å²) in [5, 5.41) is 8.90. The van der Waals surface area contributed by atoms with Crippen molar-refractivity contribution in [2.75, 3.05) is 51.3 Å². The van der Waals surface area contributed by atoms with E-state index in [1.165, 1.54) is 0 Å².